The molecule has 0 fully saturated rings. The van der Waals surface area contributed by atoms with Gasteiger partial charge in [-0.2, -0.15) is 0 Å². The van der Waals surface area contributed by atoms with Crippen LogP contribution in [0.25, 0.3) is 93.0 Å². The number of hydrogen-bond donors (Lipinski definition) is 0. The Balaban J connectivity index is 1.24. The number of fused-ring (bicyclic) bond motifs is 6. The van der Waals surface area contributed by atoms with Gasteiger partial charge in [0.25, 0.3) is 0 Å². The molecule has 0 amide bonds. The van der Waals surface area contributed by atoms with E-state index in [0.717, 1.165) is 33.5 Å². The van der Waals surface area contributed by atoms with E-state index in [-0.39, 0.29) is 0 Å². The smallest absolute Gasteiger partial charge is 0.165 e. The van der Waals surface area contributed by atoms with Crippen LogP contribution in [0.1, 0.15) is 5.56 Å². The number of rotatable bonds is 5. The molecule has 0 saturated carbocycles. The van der Waals surface area contributed by atoms with Crippen LogP contribution < -0.4 is 0 Å². The van der Waals surface area contributed by atoms with Crippen LogP contribution in [0.3, 0.4) is 0 Å². The van der Waals surface area contributed by atoms with E-state index in [9.17, 15) is 0 Å². The van der Waals surface area contributed by atoms with Crippen molar-refractivity contribution in [3.63, 3.8) is 0 Å². The van der Waals surface area contributed by atoms with Crippen LogP contribution in [0.2, 0.25) is 0 Å². The van der Waals surface area contributed by atoms with Crippen LogP contribution in [0.15, 0.2) is 164 Å². The van der Waals surface area contributed by atoms with E-state index in [1.54, 1.807) is 11.3 Å². The zero-order valence-electron chi connectivity index (χ0n) is 27.8. The second-order valence-electron chi connectivity index (χ2n) is 13.0. The molecule has 10 rings (SSSR count). The average Bonchev–Trinajstić information content (AvgIpc) is 3.74. The molecule has 240 valence electrons. The summed E-state index contributed by atoms with van der Waals surface area (Å²) in [5.74, 6) is 1.98. The second-order valence-corrected chi connectivity index (χ2v) is 14.0. The maximum absolute atomic E-state index is 5.18. The normalized spacial score (nSPS) is 11.6. The molecule has 51 heavy (non-hydrogen) atoms. The molecule has 10 aromatic rings. The standard InChI is InChI=1S/C46H30N4S/c1-29-24-32(26-34(25-29)50-40-21-11-8-18-35(40)36-19-9-12-22-41(36)50)33-27-38-37-20-10-13-23-42(37)51-43(38)39(28-33)46-48-44(30-14-4-2-5-15-30)47-45(49-46)31-16-6-3-7-17-31/h2-28H,1H3. The number of nitrogens with zero attached hydrogens (tertiary/aromatic N) is 4. The molecule has 0 atom stereocenters. The van der Waals surface area contributed by atoms with Gasteiger partial charge in [0.05, 0.1) is 11.0 Å². The first-order valence-corrected chi connectivity index (χ1v) is 17.9. The van der Waals surface area contributed by atoms with Gasteiger partial charge in [-0.05, 0) is 66.1 Å². The summed E-state index contributed by atoms with van der Waals surface area (Å²) in [5.41, 5.74) is 9.90. The Morgan fingerprint density at radius 1 is 0.431 bits per heavy atom. The molecule has 0 unspecified atom stereocenters. The Bertz CT molecular complexity index is 2810. The first-order valence-electron chi connectivity index (χ1n) is 17.1. The Morgan fingerprint density at radius 2 is 0.961 bits per heavy atom. The zero-order chi connectivity index (χ0) is 33.9. The number of aryl methyl sites for hydroxylation is 1. The average molecular weight is 671 g/mol. The van der Waals surface area contributed by atoms with E-state index in [1.807, 2.05) is 36.4 Å². The molecule has 0 radical (unpaired) electrons. The van der Waals surface area contributed by atoms with Crippen molar-refractivity contribution >= 4 is 53.3 Å². The van der Waals surface area contributed by atoms with E-state index in [2.05, 4.69) is 139 Å². The predicted molar refractivity (Wildman–Crippen MR) is 214 cm³/mol. The lowest BCUT2D eigenvalue weighted by atomic mass is 9.97. The molecule has 0 aliphatic heterocycles. The molecule has 4 nitrogen and oxygen atoms in total. The van der Waals surface area contributed by atoms with Gasteiger partial charge < -0.3 is 4.57 Å². The SMILES string of the molecule is Cc1cc(-c2cc(-c3nc(-c4ccccc4)nc(-c4ccccc4)n3)c3sc4ccccc4c3c2)cc(-n2c3ccccc3c3ccccc32)c1. The van der Waals surface area contributed by atoms with Crippen molar-refractivity contribution in [3.8, 4) is 51.0 Å². The summed E-state index contributed by atoms with van der Waals surface area (Å²) >= 11 is 1.79. The Morgan fingerprint density at radius 3 is 1.61 bits per heavy atom. The first-order chi connectivity index (χ1) is 25.2. The van der Waals surface area contributed by atoms with Crippen molar-refractivity contribution in [3.05, 3.63) is 169 Å². The third kappa shape index (κ3) is 5.01. The summed E-state index contributed by atoms with van der Waals surface area (Å²) < 4.78 is 4.80. The van der Waals surface area contributed by atoms with Gasteiger partial charge in [0.1, 0.15) is 0 Å². The Labute approximate surface area is 299 Å². The van der Waals surface area contributed by atoms with Gasteiger partial charge in [0.2, 0.25) is 0 Å². The van der Waals surface area contributed by atoms with Gasteiger partial charge in [-0.3, -0.25) is 0 Å². The molecule has 5 heteroatoms. The minimum Gasteiger partial charge on any atom is -0.309 e. The lowest BCUT2D eigenvalue weighted by Gasteiger charge is -2.14. The third-order valence-electron chi connectivity index (χ3n) is 9.65. The molecule has 0 bridgehead atoms. The molecule has 0 saturated heterocycles. The second kappa shape index (κ2) is 11.9. The number of para-hydroxylation sites is 2. The number of benzene rings is 7. The summed E-state index contributed by atoms with van der Waals surface area (Å²) in [6.45, 7) is 2.19. The topological polar surface area (TPSA) is 43.6 Å². The minimum atomic E-state index is 0.656. The van der Waals surface area contributed by atoms with Gasteiger partial charge in [-0.15, -0.1) is 11.3 Å². The van der Waals surface area contributed by atoms with Crippen molar-refractivity contribution in [1.82, 2.24) is 19.5 Å². The van der Waals surface area contributed by atoms with Crippen LogP contribution >= 0.6 is 11.3 Å². The van der Waals surface area contributed by atoms with E-state index >= 15 is 0 Å². The Hall–Kier alpha value is -6.43. The van der Waals surface area contributed by atoms with E-state index in [0.29, 0.717) is 17.5 Å². The predicted octanol–water partition coefficient (Wildman–Crippen LogP) is 12.3. The molecule has 3 aromatic heterocycles. The molecular formula is C46H30N4S. The number of hydrogen-bond acceptors (Lipinski definition) is 4. The summed E-state index contributed by atoms with van der Waals surface area (Å²) in [7, 11) is 0. The highest BCUT2D eigenvalue weighted by atomic mass is 32.1. The minimum absolute atomic E-state index is 0.656. The highest BCUT2D eigenvalue weighted by Crippen LogP contribution is 2.43. The first kappa shape index (κ1) is 29.5. The maximum atomic E-state index is 5.18. The van der Waals surface area contributed by atoms with Gasteiger partial charge in [0, 0.05) is 53.3 Å². The molecule has 3 heterocycles. The fourth-order valence-electron chi connectivity index (χ4n) is 7.35. The van der Waals surface area contributed by atoms with Gasteiger partial charge in [0.15, 0.2) is 17.5 Å². The Kier molecular flexibility index (Phi) is 6.86. The molecule has 0 spiro atoms. The van der Waals surface area contributed by atoms with Gasteiger partial charge >= 0.3 is 0 Å². The van der Waals surface area contributed by atoms with Crippen molar-refractivity contribution in [2.24, 2.45) is 0 Å². The summed E-state index contributed by atoms with van der Waals surface area (Å²) in [6.07, 6.45) is 0. The summed E-state index contributed by atoms with van der Waals surface area (Å²) in [5, 5.41) is 4.94. The maximum Gasteiger partial charge on any atom is 0.165 e. The number of aromatic nitrogens is 4. The van der Waals surface area contributed by atoms with Gasteiger partial charge in [-0.1, -0.05) is 121 Å². The van der Waals surface area contributed by atoms with Crippen molar-refractivity contribution in [2.45, 2.75) is 6.92 Å². The van der Waals surface area contributed by atoms with E-state index in [4.69, 9.17) is 15.0 Å². The van der Waals surface area contributed by atoms with Crippen molar-refractivity contribution in [1.29, 1.82) is 0 Å². The van der Waals surface area contributed by atoms with Crippen LogP contribution in [0.5, 0.6) is 0 Å². The highest BCUT2D eigenvalue weighted by molar-refractivity contribution is 7.26. The number of thiophene rings is 1. The zero-order valence-corrected chi connectivity index (χ0v) is 28.6. The lowest BCUT2D eigenvalue weighted by Crippen LogP contribution is -2.00. The van der Waals surface area contributed by atoms with Crippen LogP contribution in [0.4, 0.5) is 0 Å². The fourth-order valence-corrected chi connectivity index (χ4v) is 8.54. The molecule has 0 aliphatic rings. The fraction of sp³-hybridized carbons (Fsp3) is 0.0217. The van der Waals surface area contributed by atoms with Crippen molar-refractivity contribution in [2.75, 3.05) is 0 Å². The van der Waals surface area contributed by atoms with E-state index in [1.165, 1.54) is 47.5 Å². The molecule has 0 N–H and O–H groups in total. The quantitative estimate of drug-likeness (QED) is 0.183. The largest absolute Gasteiger partial charge is 0.309 e. The van der Waals surface area contributed by atoms with Crippen LogP contribution in [-0.4, -0.2) is 19.5 Å². The molecule has 7 aromatic carbocycles. The molecular weight excluding hydrogens is 641 g/mol. The summed E-state index contributed by atoms with van der Waals surface area (Å²) in [4.78, 5) is 15.3. The van der Waals surface area contributed by atoms with Crippen LogP contribution in [0, 0.1) is 6.92 Å². The third-order valence-corrected chi connectivity index (χ3v) is 10.9. The molecule has 0 aliphatic carbocycles. The summed E-state index contributed by atoms with van der Waals surface area (Å²) in [6, 6.07) is 57.9. The lowest BCUT2D eigenvalue weighted by molar-refractivity contribution is 1.08. The monoisotopic (exact) mass is 670 g/mol. The highest BCUT2D eigenvalue weighted by Gasteiger charge is 2.19. The van der Waals surface area contributed by atoms with E-state index < -0.39 is 0 Å². The van der Waals surface area contributed by atoms with Crippen molar-refractivity contribution < 1.29 is 0 Å². The van der Waals surface area contributed by atoms with Crippen LogP contribution in [-0.2, 0) is 0 Å². The van der Waals surface area contributed by atoms with Gasteiger partial charge in [-0.25, -0.2) is 15.0 Å².